The number of unbranched alkanes of at least 4 members (excludes halogenated alkanes) is 2. The Balaban J connectivity index is 2.21. The molecule has 0 bridgehead atoms. The van der Waals surface area contributed by atoms with Crippen LogP contribution < -0.4 is 10.1 Å². The third-order valence-corrected chi connectivity index (χ3v) is 3.51. The summed E-state index contributed by atoms with van der Waals surface area (Å²) in [4.78, 5) is 11.8. The standard InChI is InChI=1S/C18H27NO4/c1-14(13-20)7-5-3-4-6-8-18(22)19-12-15-9-10-16(21)17(11-15)23-2/h5,7,9-11,14,20-21H,3-4,6,8,12-13H2,1-2H3,(H,19,22). The van der Waals surface area contributed by atoms with Gasteiger partial charge in [0.2, 0.25) is 5.91 Å². The van der Waals surface area contributed by atoms with Gasteiger partial charge in [-0.25, -0.2) is 0 Å². The fraction of sp³-hybridized carbons (Fsp3) is 0.500. The van der Waals surface area contributed by atoms with Crippen molar-refractivity contribution in [3.8, 4) is 11.5 Å². The minimum atomic E-state index is 0.0183. The van der Waals surface area contributed by atoms with E-state index in [0.29, 0.717) is 18.7 Å². The number of phenolic OH excluding ortho intramolecular Hbond substituents is 1. The van der Waals surface area contributed by atoms with Gasteiger partial charge in [0.1, 0.15) is 0 Å². The van der Waals surface area contributed by atoms with Crippen LogP contribution in [0.1, 0.15) is 38.2 Å². The monoisotopic (exact) mass is 321 g/mol. The Labute approximate surface area is 138 Å². The molecular formula is C18H27NO4. The highest BCUT2D eigenvalue weighted by Gasteiger charge is 2.05. The van der Waals surface area contributed by atoms with Gasteiger partial charge in [-0.2, -0.15) is 0 Å². The van der Waals surface area contributed by atoms with E-state index in [2.05, 4.69) is 11.4 Å². The lowest BCUT2D eigenvalue weighted by atomic mass is 10.1. The van der Waals surface area contributed by atoms with Gasteiger partial charge in [0, 0.05) is 19.6 Å². The summed E-state index contributed by atoms with van der Waals surface area (Å²) in [7, 11) is 1.49. The molecule has 1 aromatic rings. The van der Waals surface area contributed by atoms with E-state index in [1.165, 1.54) is 7.11 Å². The summed E-state index contributed by atoms with van der Waals surface area (Å²) in [5.74, 6) is 0.706. The second-order valence-corrected chi connectivity index (χ2v) is 5.62. The lowest BCUT2D eigenvalue weighted by molar-refractivity contribution is -0.121. The lowest BCUT2D eigenvalue weighted by Crippen LogP contribution is -2.22. The first kappa shape index (κ1) is 19.0. The van der Waals surface area contributed by atoms with Gasteiger partial charge < -0.3 is 20.3 Å². The normalized spacial score (nSPS) is 12.3. The van der Waals surface area contributed by atoms with Crippen LogP contribution in [0.25, 0.3) is 0 Å². The van der Waals surface area contributed by atoms with Crippen molar-refractivity contribution in [1.82, 2.24) is 5.32 Å². The molecule has 0 spiro atoms. The second-order valence-electron chi connectivity index (χ2n) is 5.62. The number of hydrogen-bond acceptors (Lipinski definition) is 4. The number of carbonyl (C=O) groups is 1. The minimum Gasteiger partial charge on any atom is -0.504 e. The highest BCUT2D eigenvalue weighted by atomic mass is 16.5. The first-order valence-corrected chi connectivity index (χ1v) is 7.97. The smallest absolute Gasteiger partial charge is 0.220 e. The van der Waals surface area contributed by atoms with Gasteiger partial charge in [0.15, 0.2) is 11.5 Å². The van der Waals surface area contributed by atoms with E-state index in [9.17, 15) is 9.90 Å². The van der Waals surface area contributed by atoms with Gasteiger partial charge in [-0.1, -0.05) is 25.1 Å². The number of aliphatic hydroxyl groups excluding tert-OH is 1. The summed E-state index contributed by atoms with van der Waals surface area (Å²) >= 11 is 0. The number of carbonyl (C=O) groups excluding carboxylic acids is 1. The molecule has 1 amide bonds. The molecule has 0 fully saturated rings. The molecule has 1 atom stereocenters. The number of phenols is 1. The van der Waals surface area contributed by atoms with Crippen LogP contribution in [0.2, 0.25) is 0 Å². The summed E-state index contributed by atoms with van der Waals surface area (Å²) in [6.45, 7) is 2.55. The number of rotatable bonds is 10. The van der Waals surface area contributed by atoms with E-state index in [-0.39, 0.29) is 24.2 Å². The van der Waals surface area contributed by atoms with Crippen molar-refractivity contribution in [2.75, 3.05) is 13.7 Å². The molecule has 0 saturated heterocycles. The number of amides is 1. The van der Waals surface area contributed by atoms with Crippen LogP contribution in [0, 0.1) is 5.92 Å². The molecule has 1 unspecified atom stereocenters. The Morgan fingerprint density at radius 1 is 1.39 bits per heavy atom. The molecule has 0 aliphatic carbocycles. The average molecular weight is 321 g/mol. The number of benzene rings is 1. The molecule has 128 valence electrons. The largest absolute Gasteiger partial charge is 0.504 e. The Kier molecular flexibility index (Phi) is 8.83. The van der Waals surface area contributed by atoms with Crippen LogP contribution in [-0.4, -0.2) is 29.8 Å². The fourth-order valence-corrected chi connectivity index (χ4v) is 2.06. The zero-order valence-electron chi connectivity index (χ0n) is 13.9. The summed E-state index contributed by atoms with van der Waals surface area (Å²) in [6.07, 6.45) is 7.27. The number of hydrogen-bond donors (Lipinski definition) is 3. The van der Waals surface area contributed by atoms with Crippen molar-refractivity contribution >= 4 is 5.91 Å². The average Bonchev–Trinajstić information content (AvgIpc) is 2.56. The Hall–Kier alpha value is -2.01. The number of aromatic hydroxyl groups is 1. The van der Waals surface area contributed by atoms with Crippen LogP contribution in [-0.2, 0) is 11.3 Å². The van der Waals surface area contributed by atoms with Gasteiger partial charge in [-0.05, 0) is 42.9 Å². The second kappa shape index (κ2) is 10.7. The molecule has 0 aliphatic heterocycles. The molecule has 5 heteroatoms. The lowest BCUT2D eigenvalue weighted by Gasteiger charge is -2.08. The third-order valence-electron chi connectivity index (χ3n) is 3.51. The van der Waals surface area contributed by atoms with Crippen molar-refractivity contribution in [2.24, 2.45) is 5.92 Å². The van der Waals surface area contributed by atoms with Crippen LogP contribution in [0.15, 0.2) is 30.4 Å². The van der Waals surface area contributed by atoms with Crippen LogP contribution in [0.4, 0.5) is 0 Å². The minimum absolute atomic E-state index is 0.0183. The van der Waals surface area contributed by atoms with Crippen molar-refractivity contribution in [2.45, 2.75) is 39.2 Å². The number of methoxy groups -OCH3 is 1. The van der Waals surface area contributed by atoms with E-state index in [1.54, 1.807) is 18.2 Å². The highest BCUT2D eigenvalue weighted by molar-refractivity contribution is 5.75. The predicted octanol–water partition coefficient (Wildman–Crippen LogP) is 2.76. The quantitative estimate of drug-likeness (QED) is 0.457. The van der Waals surface area contributed by atoms with Crippen molar-refractivity contribution in [3.63, 3.8) is 0 Å². The molecular weight excluding hydrogens is 294 g/mol. The first-order chi connectivity index (χ1) is 11.1. The summed E-state index contributed by atoms with van der Waals surface area (Å²) < 4.78 is 5.03. The van der Waals surface area contributed by atoms with E-state index in [0.717, 1.165) is 24.8 Å². The van der Waals surface area contributed by atoms with Crippen LogP contribution in [0.5, 0.6) is 11.5 Å². The maximum atomic E-state index is 11.8. The molecule has 0 saturated carbocycles. The number of aliphatic hydroxyl groups is 1. The molecule has 1 rings (SSSR count). The van der Waals surface area contributed by atoms with Crippen LogP contribution >= 0.6 is 0 Å². The summed E-state index contributed by atoms with van der Waals surface area (Å²) in [5, 5.41) is 21.3. The molecule has 1 aromatic carbocycles. The highest BCUT2D eigenvalue weighted by Crippen LogP contribution is 2.26. The maximum Gasteiger partial charge on any atom is 0.220 e. The maximum absolute atomic E-state index is 11.8. The van der Waals surface area contributed by atoms with Gasteiger partial charge >= 0.3 is 0 Å². The number of nitrogens with one attached hydrogen (secondary N) is 1. The molecule has 3 N–H and O–H groups in total. The van der Waals surface area contributed by atoms with Crippen molar-refractivity contribution in [1.29, 1.82) is 0 Å². The van der Waals surface area contributed by atoms with Crippen LogP contribution in [0.3, 0.4) is 0 Å². The molecule has 5 nitrogen and oxygen atoms in total. The van der Waals surface area contributed by atoms with Gasteiger partial charge in [-0.15, -0.1) is 0 Å². The van der Waals surface area contributed by atoms with Crippen molar-refractivity contribution < 1.29 is 19.7 Å². The SMILES string of the molecule is COc1cc(CNC(=O)CCCCC=CC(C)CO)ccc1O. The molecule has 0 radical (unpaired) electrons. The summed E-state index contributed by atoms with van der Waals surface area (Å²) in [5.41, 5.74) is 0.883. The fourth-order valence-electron chi connectivity index (χ4n) is 2.06. The summed E-state index contributed by atoms with van der Waals surface area (Å²) in [6, 6.07) is 5.02. The van der Waals surface area contributed by atoms with E-state index in [4.69, 9.17) is 9.84 Å². The van der Waals surface area contributed by atoms with Crippen molar-refractivity contribution in [3.05, 3.63) is 35.9 Å². The topological polar surface area (TPSA) is 78.8 Å². The van der Waals surface area contributed by atoms with Gasteiger partial charge in [0.05, 0.1) is 7.11 Å². The molecule has 0 aromatic heterocycles. The van der Waals surface area contributed by atoms with E-state index >= 15 is 0 Å². The van der Waals surface area contributed by atoms with E-state index < -0.39 is 0 Å². The number of allylic oxidation sites excluding steroid dienone is 1. The Morgan fingerprint density at radius 3 is 2.87 bits per heavy atom. The third kappa shape index (κ3) is 7.70. The van der Waals surface area contributed by atoms with E-state index in [1.807, 2.05) is 13.0 Å². The zero-order valence-corrected chi connectivity index (χ0v) is 13.9. The molecule has 0 heterocycles. The van der Waals surface area contributed by atoms with Gasteiger partial charge in [0.25, 0.3) is 0 Å². The predicted molar refractivity (Wildman–Crippen MR) is 90.4 cm³/mol. The Bertz CT molecular complexity index is 514. The van der Waals surface area contributed by atoms with Gasteiger partial charge in [-0.3, -0.25) is 4.79 Å². The number of ether oxygens (including phenoxy) is 1. The Morgan fingerprint density at radius 2 is 2.17 bits per heavy atom. The zero-order chi connectivity index (χ0) is 17.1. The first-order valence-electron chi connectivity index (χ1n) is 7.97. The molecule has 0 aliphatic rings. The molecule has 23 heavy (non-hydrogen) atoms.